The van der Waals surface area contributed by atoms with E-state index < -0.39 is 17.4 Å². The molecule has 1 fully saturated rings. The molecule has 5 nitrogen and oxygen atoms in total. The van der Waals surface area contributed by atoms with Gasteiger partial charge in [0.25, 0.3) is 0 Å². The van der Waals surface area contributed by atoms with Crippen molar-refractivity contribution in [1.82, 2.24) is 0 Å². The van der Waals surface area contributed by atoms with Gasteiger partial charge in [0.15, 0.2) is 0 Å². The first-order valence-corrected chi connectivity index (χ1v) is 11.9. The summed E-state index contributed by atoms with van der Waals surface area (Å²) in [5, 5.41) is 18.0. The molecule has 1 aliphatic rings. The van der Waals surface area contributed by atoms with Gasteiger partial charge in [0, 0.05) is 19.3 Å². The van der Waals surface area contributed by atoms with Crippen LogP contribution in [0.4, 0.5) is 0 Å². The summed E-state index contributed by atoms with van der Waals surface area (Å²) >= 11 is 0. The maximum Gasteiger partial charge on any atom is 0.309 e. The average molecular weight is 411 g/mol. The Balaban J connectivity index is 1.87. The maximum atomic E-state index is 12.0. The standard InChI is InChI=1S/C24H42O5/c25-21(15-9-6-4-2-1-3-5-7-11-17-22(26)27)16-10-8-12-18-24(23(28)29)19-13-14-20-24/h1-20H2,(H,26,27)(H,28,29). The van der Waals surface area contributed by atoms with E-state index in [0.29, 0.717) is 18.6 Å². The van der Waals surface area contributed by atoms with Gasteiger partial charge in [-0.2, -0.15) is 0 Å². The van der Waals surface area contributed by atoms with Gasteiger partial charge in [-0.25, -0.2) is 0 Å². The number of ketones is 1. The van der Waals surface area contributed by atoms with Gasteiger partial charge in [-0.1, -0.05) is 70.6 Å². The molecule has 1 saturated carbocycles. The molecule has 0 bridgehead atoms. The van der Waals surface area contributed by atoms with E-state index in [-0.39, 0.29) is 6.42 Å². The molecule has 0 aliphatic heterocycles. The molecule has 0 amide bonds. The molecule has 1 aliphatic carbocycles. The predicted octanol–water partition coefficient (Wildman–Crippen LogP) is 6.53. The zero-order valence-corrected chi connectivity index (χ0v) is 18.3. The number of carbonyl (C=O) groups excluding carboxylic acids is 1. The van der Waals surface area contributed by atoms with Gasteiger partial charge in [-0.15, -0.1) is 0 Å². The first kappa shape index (κ1) is 25.6. The monoisotopic (exact) mass is 410 g/mol. The van der Waals surface area contributed by atoms with E-state index in [0.717, 1.165) is 83.5 Å². The average Bonchev–Trinajstić information content (AvgIpc) is 3.16. The van der Waals surface area contributed by atoms with Crippen molar-refractivity contribution >= 4 is 17.7 Å². The van der Waals surface area contributed by atoms with Crippen LogP contribution >= 0.6 is 0 Å². The Kier molecular flexibility index (Phi) is 13.7. The molecule has 0 atom stereocenters. The predicted molar refractivity (Wildman–Crippen MR) is 115 cm³/mol. The number of hydrogen-bond acceptors (Lipinski definition) is 3. The Morgan fingerprint density at radius 2 is 1.00 bits per heavy atom. The highest BCUT2D eigenvalue weighted by atomic mass is 16.4. The molecule has 29 heavy (non-hydrogen) atoms. The van der Waals surface area contributed by atoms with Crippen LogP contribution in [-0.4, -0.2) is 27.9 Å². The van der Waals surface area contributed by atoms with Crippen LogP contribution in [0.1, 0.15) is 128 Å². The summed E-state index contributed by atoms with van der Waals surface area (Å²) < 4.78 is 0. The number of carboxylic acids is 2. The third-order valence-electron chi connectivity index (χ3n) is 6.47. The van der Waals surface area contributed by atoms with E-state index in [9.17, 15) is 19.5 Å². The smallest absolute Gasteiger partial charge is 0.309 e. The second-order valence-corrected chi connectivity index (χ2v) is 8.97. The van der Waals surface area contributed by atoms with Gasteiger partial charge in [-0.3, -0.25) is 14.4 Å². The van der Waals surface area contributed by atoms with E-state index in [1.54, 1.807) is 0 Å². The van der Waals surface area contributed by atoms with Gasteiger partial charge in [-0.05, 0) is 38.5 Å². The van der Waals surface area contributed by atoms with Crippen molar-refractivity contribution in [1.29, 1.82) is 0 Å². The van der Waals surface area contributed by atoms with Gasteiger partial charge in [0.2, 0.25) is 0 Å². The highest BCUT2D eigenvalue weighted by Gasteiger charge is 2.40. The molecule has 0 aromatic carbocycles. The van der Waals surface area contributed by atoms with E-state index >= 15 is 0 Å². The van der Waals surface area contributed by atoms with E-state index in [1.807, 2.05) is 0 Å². The number of carbonyl (C=O) groups is 3. The third kappa shape index (κ3) is 12.0. The van der Waals surface area contributed by atoms with Crippen molar-refractivity contribution in [2.24, 2.45) is 5.41 Å². The summed E-state index contributed by atoms with van der Waals surface area (Å²) in [5.74, 6) is -0.961. The zero-order valence-electron chi connectivity index (χ0n) is 18.3. The van der Waals surface area contributed by atoms with Crippen LogP contribution in [-0.2, 0) is 14.4 Å². The van der Waals surface area contributed by atoms with Crippen molar-refractivity contribution in [2.45, 2.75) is 128 Å². The minimum absolute atomic E-state index is 0.289. The Hall–Kier alpha value is -1.39. The van der Waals surface area contributed by atoms with Crippen molar-refractivity contribution in [3.63, 3.8) is 0 Å². The molecule has 1 rings (SSSR count). The first-order chi connectivity index (χ1) is 14.0. The molecule has 5 heteroatoms. The lowest BCUT2D eigenvalue weighted by molar-refractivity contribution is -0.149. The summed E-state index contributed by atoms with van der Waals surface area (Å²) in [4.78, 5) is 33.9. The zero-order chi connectivity index (χ0) is 21.4. The van der Waals surface area contributed by atoms with Gasteiger partial charge in [0.1, 0.15) is 5.78 Å². The van der Waals surface area contributed by atoms with Gasteiger partial charge < -0.3 is 10.2 Å². The Bertz CT molecular complexity index is 480. The SMILES string of the molecule is O=C(O)CCCCCCCCCCCC(=O)CCCCCC1(C(=O)O)CCCC1. The second-order valence-electron chi connectivity index (χ2n) is 8.97. The Morgan fingerprint density at radius 3 is 1.45 bits per heavy atom. The lowest BCUT2D eigenvalue weighted by atomic mass is 9.81. The summed E-state index contributed by atoms with van der Waals surface area (Å²) in [7, 11) is 0. The molecular formula is C24H42O5. The highest BCUT2D eigenvalue weighted by molar-refractivity contribution is 5.78. The number of unbranched alkanes of at least 4 members (excludes halogenated alkanes) is 10. The van der Waals surface area contributed by atoms with Gasteiger partial charge >= 0.3 is 11.9 Å². The number of carboxylic acid groups (broad SMARTS) is 2. The molecule has 0 radical (unpaired) electrons. The molecule has 0 saturated heterocycles. The van der Waals surface area contributed by atoms with Crippen LogP contribution in [0, 0.1) is 5.41 Å². The summed E-state index contributed by atoms with van der Waals surface area (Å²) in [6, 6.07) is 0. The highest BCUT2D eigenvalue weighted by Crippen LogP contribution is 2.42. The van der Waals surface area contributed by atoms with Crippen molar-refractivity contribution < 1.29 is 24.6 Å². The van der Waals surface area contributed by atoms with E-state index in [4.69, 9.17) is 5.11 Å². The minimum atomic E-state index is -0.699. The van der Waals surface area contributed by atoms with Crippen molar-refractivity contribution in [3.8, 4) is 0 Å². The Morgan fingerprint density at radius 1 is 0.586 bits per heavy atom. The van der Waals surface area contributed by atoms with Crippen LogP contribution in [0.3, 0.4) is 0 Å². The van der Waals surface area contributed by atoms with Crippen LogP contribution in [0.15, 0.2) is 0 Å². The Labute approximate surface area is 176 Å². The molecule has 2 N–H and O–H groups in total. The lowest BCUT2D eigenvalue weighted by Crippen LogP contribution is -2.27. The fraction of sp³-hybridized carbons (Fsp3) is 0.875. The minimum Gasteiger partial charge on any atom is -0.481 e. The van der Waals surface area contributed by atoms with Crippen LogP contribution in [0.2, 0.25) is 0 Å². The fourth-order valence-electron chi connectivity index (χ4n) is 4.55. The van der Waals surface area contributed by atoms with Crippen molar-refractivity contribution in [2.75, 3.05) is 0 Å². The first-order valence-electron chi connectivity index (χ1n) is 11.9. The van der Waals surface area contributed by atoms with Crippen LogP contribution in [0.5, 0.6) is 0 Å². The molecule has 0 heterocycles. The lowest BCUT2D eigenvalue weighted by Gasteiger charge is -2.23. The molecule has 168 valence electrons. The van der Waals surface area contributed by atoms with Gasteiger partial charge in [0.05, 0.1) is 5.41 Å². The molecule has 0 aromatic heterocycles. The second kappa shape index (κ2) is 15.4. The van der Waals surface area contributed by atoms with E-state index in [2.05, 4.69) is 0 Å². The van der Waals surface area contributed by atoms with Crippen LogP contribution in [0.25, 0.3) is 0 Å². The number of Topliss-reactive ketones (excluding diaryl/α,β-unsaturated/α-hetero) is 1. The normalized spacial score (nSPS) is 15.4. The van der Waals surface area contributed by atoms with E-state index in [1.165, 1.54) is 25.7 Å². The molecular weight excluding hydrogens is 368 g/mol. The summed E-state index contributed by atoms with van der Waals surface area (Å²) in [5.41, 5.74) is -0.470. The molecule has 0 spiro atoms. The number of hydrogen-bond donors (Lipinski definition) is 2. The molecule has 0 aromatic rings. The fourth-order valence-corrected chi connectivity index (χ4v) is 4.55. The van der Waals surface area contributed by atoms with Crippen LogP contribution < -0.4 is 0 Å². The topological polar surface area (TPSA) is 91.7 Å². The molecule has 0 unspecified atom stereocenters. The quantitative estimate of drug-likeness (QED) is 0.236. The number of rotatable bonds is 19. The third-order valence-corrected chi connectivity index (χ3v) is 6.47. The largest absolute Gasteiger partial charge is 0.481 e. The van der Waals surface area contributed by atoms with Crippen molar-refractivity contribution in [3.05, 3.63) is 0 Å². The summed E-state index contributed by atoms with van der Waals surface area (Å²) in [6.45, 7) is 0. The summed E-state index contributed by atoms with van der Waals surface area (Å²) in [6.07, 6.45) is 18.7. The maximum absolute atomic E-state index is 12.0. The number of aliphatic carboxylic acids is 2.